The Hall–Kier alpha value is -3.38. The highest BCUT2D eigenvalue weighted by Gasteiger charge is 2.26. The number of allylic oxidation sites excluding steroid dienone is 14. The van der Waals surface area contributed by atoms with Crippen LogP contribution in [0.4, 0.5) is 0 Å². The van der Waals surface area contributed by atoms with E-state index in [1.165, 1.54) is 46.3 Å². The van der Waals surface area contributed by atoms with Gasteiger partial charge in [0.25, 0.3) is 0 Å². The molecule has 0 nitrogen and oxygen atoms in total. The van der Waals surface area contributed by atoms with Crippen LogP contribution in [0.2, 0.25) is 0 Å². The lowest BCUT2D eigenvalue weighted by molar-refractivity contribution is 0.157. The topological polar surface area (TPSA) is 0 Å². The maximum Gasteiger partial charge on any atom is -0.0178 e. The Labute approximate surface area is 444 Å². The molecule has 0 fully saturated rings. The van der Waals surface area contributed by atoms with E-state index >= 15 is 0 Å². The minimum atomic E-state index is 0.306. The predicted molar refractivity (Wildman–Crippen MR) is 342 cm³/mol. The molecule has 0 heteroatoms. The van der Waals surface area contributed by atoms with Gasteiger partial charge in [-0.1, -0.05) is 281 Å². The van der Waals surface area contributed by atoms with E-state index in [0.29, 0.717) is 27.1 Å². The monoisotopic (exact) mass is 965 g/mol. The van der Waals surface area contributed by atoms with E-state index in [9.17, 15) is 0 Å². The van der Waals surface area contributed by atoms with Crippen LogP contribution < -0.4 is 0 Å². The van der Waals surface area contributed by atoms with Gasteiger partial charge in [0.2, 0.25) is 0 Å². The van der Waals surface area contributed by atoms with Crippen molar-refractivity contribution in [2.45, 2.75) is 262 Å². The highest BCUT2D eigenvalue weighted by Crippen LogP contribution is 2.36. The van der Waals surface area contributed by atoms with Crippen molar-refractivity contribution in [3.8, 4) is 0 Å². The summed E-state index contributed by atoms with van der Waals surface area (Å²) in [5.41, 5.74) is 18.2. The first-order valence-electron chi connectivity index (χ1n) is 25.2. The van der Waals surface area contributed by atoms with Crippen LogP contribution in [-0.4, -0.2) is 0 Å². The molecule has 0 aromatic heterocycles. The molecule has 0 saturated carbocycles. The van der Waals surface area contributed by atoms with E-state index in [2.05, 4.69) is 245 Å². The van der Waals surface area contributed by atoms with Crippen LogP contribution in [0.1, 0.15) is 262 Å². The second kappa shape index (κ2) is 52.4. The summed E-state index contributed by atoms with van der Waals surface area (Å²) in [4.78, 5) is 0. The first-order chi connectivity index (χ1) is 29.7. The van der Waals surface area contributed by atoms with Gasteiger partial charge < -0.3 is 0 Å². The van der Waals surface area contributed by atoms with E-state index in [4.69, 9.17) is 0 Å². The van der Waals surface area contributed by atoms with Crippen LogP contribution in [-0.2, 0) is 0 Å². The average Bonchev–Trinajstić information content (AvgIpc) is 3.07. The van der Waals surface area contributed by atoms with Crippen molar-refractivity contribution >= 4 is 0 Å². The zero-order valence-corrected chi connectivity index (χ0v) is 55.4. The van der Waals surface area contributed by atoms with Gasteiger partial charge in [-0.15, -0.1) is 13.2 Å². The molecule has 0 heterocycles. The molecule has 0 saturated heterocycles. The fraction of sp³-hybridized carbons (Fsp3) is 0.623. The Kier molecular flexibility index (Phi) is 72.4. The van der Waals surface area contributed by atoms with Crippen LogP contribution in [0.3, 0.4) is 0 Å². The van der Waals surface area contributed by atoms with Gasteiger partial charge in [-0.3, -0.25) is 0 Å². The second-order valence-corrected chi connectivity index (χ2v) is 25.2. The zero-order valence-electron chi connectivity index (χ0n) is 55.4. The van der Waals surface area contributed by atoms with Gasteiger partial charge in [0, 0.05) is 0 Å². The molecule has 0 radical (unpaired) electrons. The molecule has 0 unspecified atom stereocenters. The number of unbranched alkanes of at least 4 members (excludes halogenated alkanes) is 1. The molecular formula is C69H136. The Bertz CT molecular complexity index is 1240. The molecule has 0 atom stereocenters. The highest BCUT2D eigenvalue weighted by molar-refractivity contribution is 5.20. The molecule has 0 N–H and O–H groups in total. The van der Waals surface area contributed by atoms with E-state index in [-0.39, 0.29) is 0 Å². The molecule has 0 aromatic rings. The SMILES string of the molecule is C=C(C)C.C=C(C)C.C=C(C)C(=C)C.C=C(C)C(=C)C.C=C(C)C(=C)C.C=C(C)C(=C)C.C=C(C)C(C)(C)C.C=C(C)C(C)(C)C.CC(C)(C)C.CC(C)(C)C(C)(C)C.CC(C)=C(C)C.CCCC. The summed E-state index contributed by atoms with van der Waals surface area (Å²) in [6.07, 6.45) is 2.64. The molecular weight excluding hydrogens is 829 g/mol. The normalized spacial score (nSPS) is 9.39. The molecule has 412 valence electrons. The third kappa shape index (κ3) is 170. The van der Waals surface area contributed by atoms with Gasteiger partial charge >= 0.3 is 0 Å². The number of hydrogen-bond donors (Lipinski definition) is 0. The Morgan fingerprint density at radius 2 is 0.319 bits per heavy atom. The molecule has 0 rings (SSSR count). The van der Waals surface area contributed by atoms with Crippen molar-refractivity contribution in [1.82, 2.24) is 0 Å². The minimum Gasteiger partial charge on any atom is -0.100 e. The summed E-state index contributed by atoms with van der Waals surface area (Å²) in [6.45, 7) is 120. The standard InChI is InChI=1S/C8H18.2C7H14.C6H12.4C6H10.C5H12.2C4H8.C4H10/c1-7(2,3)8(4,5)6;2*1-6(2)7(3,4)5;5*1-5(2)6(3)4;1-5(2,3)4;2*1-4(2)3;1-3-4-2/h1-6H3;2*1H2,2-5H3;1-4H3;4*1,3H2,2,4H3;1-4H3;2*1H2,2-3H3;3-4H2,1-2H3. The minimum absolute atomic E-state index is 0.306. The van der Waals surface area contributed by atoms with Gasteiger partial charge in [0.1, 0.15) is 0 Å². The Morgan fingerprint density at radius 3 is 0.319 bits per heavy atom. The molecule has 0 aliphatic carbocycles. The van der Waals surface area contributed by atoms with Crippen LogP contribution >= 0.6 is 0 Å². The predicted octanol–water partition coefficient (Wildman–Crippen LogP) is 26.2. The van der Waals surface area contributed by atoms with E-state index in [1.54, 1.807) is 0 Å². The highest BCUT2D eigenvalue weighted by atomic mass is 14.3. The van der Waals surface area contributed by atoms with Crippen molar-refractivity contribution in [1.29, 1.82) is 0 Å². The fourth-order valence-electron chi connectivity index (χ4n) is 0. The fourth-order valence-corrected chi connectivity index (χ4v) is 0. The lowest BCUT2D eigenvalue weighted by atomic mass is 9.71. The summed E-state index contributed by atoms with van der Waals surface area (Å²) >= 11 is 0. The largest absolute Gasteiger partial charge is 0.100 e. The van der Waals surface area contributed by atoms with E-state index in [0.717, 1.165) is 44.6 Å². The van der Waals surface area contributed by atoms with Gasteiger partial charge in [0.05, 0.1) is 0 Å². The first kappa shape index (κ1) is 95.3. The van der Waals surface area contributed by atoms with Crippen molar-refractivity contribution in [2.75, 3.05) is 0 Å². The van der Waals surface area contributed by atoms with Crippen molar-refractivity contribution < 1.29 is 0 Å². The maximum atomic E-state index is 3.83. The van der Waals surface area contributed by atoms with Crippen molar-refractivity contribution in [3.05, 3.63) is 157 Å². The second-order valence-electron chi connectivity index (χ2n) is 25.2. The summed E-state index contributed by atoms with van der Waals surface area (Å²) < 4.78 is 0. The van der Waals surface area contributed by atoms with Crippen LogP contribution in [0.5, 0.6) is 0 Å². The Balaban J connectivity index is -0.0000000516. The summed E-state index contributed by atoms with van der Waals surface area (Å²) in [5.74, 6) is 0. The average molecular weight is 966 g/mol. The third-order valence-corrected chi connectivity index (χ3v) is 9.22. The summed E-state index contributed by atoms with van der Waals surface area (Å²) in [7, 11) is 0. The molecule has 0 aromatic carbocycles. The van der Waals surface area contributed by atoms with Gasteiger partial charge in [0.15, 0.2) is 0 Å². The van der Waals surface area contributed by atoms with Gasteiger partial charge in [-0.05, 0) is 152 Å². The molecule has 0 amide bonds. The lowest BCUT2D eigenvalue weighted by Gasteiger charge is -2.34. The number of rotatable bonds is 5. The molecule has 0 aliphatic rings. The van der Waals surface area contributed by atoms with Crippen LogP contribution in [0.15, 0.2) is 157 Å². The first-order valence-corrected chi connectivity index (χ1v) is 25.2. The molecule has 0 aliphatic heterocycles. The Morgan fingerprint density at radius 1 is 0.246 bits per heavy atom. The van der Waals surface area contributed by atoms with Crippen molar-refractivity contribution in [3.63, 3.8) is 0 Å². The number of hydrogen-bond acceptors (Lipinski definition) is 0. The maximum absolute atomic E-state index is 3.83. The van der Waals surface area contributed by atoms with Gasteiger partial charge in [-0.25, -0.2) is 0 Å². The molecule has 0 spiro atoms. The summed E-state index contributed by atoms with van der Waals surface area (Å²) in [5, 5.41) is 0. The summed E-state index contributed by atoms with van der Waals surface area (Å²) in [6, 6.07) is 0. The third-order valence-electron chi connectivity index (χ3n) is 9.22. The molecule has 0 bridgehead atoms. The smallest absolute Gasteiger partial charge is 0.0178 e. The van der Waals surface area contributed by atoms with Gasteiger partial charge in [-0.2, -0.15) is 0 Å². The van der Waals surface area contributed by atoms with E-state index in [1.807, 2.05) is 83.1 Å². The van der Waals surface area contributed by atoms with Crippen LogP contribution in [0.25, 0.3) is 0 Å². The molecule has 69 heavy (non-hydrogen) atoms. The van der Waals surface area contributed by atoms with E-state index < -0.39 is 0 Å². The quantitative estimate of drug-likeness (QED) is 0.190. The van der Waals surface area contributed by atoms with Crippen LogP contribution in [0, 0.1) is 27.1 Å². The lowest BCUT2D eigenvalue weighted by Crippen LogP contribution is -2.25. The van der Waals surface area contributed by atoms with Crippen molar-refractivity contribution in [2.24, 2.45) is 27.1 Å². The zero-order chi connectivity index (χ0) is 60.0.